The summed E-state index contributed by atoms with van der Waals surface area (Å²) in [6, 6.07) is 4.85. The largest absolute Gasteiger partial charge is 0.338 e. The first-order chi connectivity index (χ1) is 12.0. The minimum Gasteiger partial charge on any atom is -0.338 e. The van der Waals surface area contributed by atoms with E-state index < -0.39 is 0 Å². The molecule has 1 aromatic heterocycles. The summed E-state index contributed by atoms with van der Waals surface area (Å²) in [6.45, 7) is 3.32. The molecule has 0 aliphatic carbocycles. The van der Waals surface area contributed by atoms with E-state index in [0.29, 0.717) is 26.7 Å². The standard InChI is InChI=1S/C16H16Cl3N5O/c17-11-8-13(19)14(9-12(11)18)22-15(25)10-23-4-6-24(7-5-23)16-20-2-1-3-21-16/h1-3,8-9H,4-7,10H2,(H,22,25). The van der Waals surface area contributed by atoms with Crippen molar-refractivity contribution in [1.29, 1.82) is 0 Å². The van der Waals surface area contributed by atoms with Crippen molar-refractivity contribution in [3.63, 3.8) is 0 Å². The Kier molecular flexibility index (Phi) is 5.96. The SMILES string of the molecule is O=C(CN1CCN(c2ncccn2)CC1)Nc1cc(Cl)c(Cl)cc1Cl. The van der Waals surface area contributed by atoms with Crippen LogP contribution in [0.15, 0.2) is 30.6 Å². The number of nitrogens with zero attached hydrogens (tertiary/aromatic N) is 4. The smallest absolute Gasteiger partial charge is 0.238 e. The molecule has 3 rings (SSSR count). The normalized spacial score (nSPS) is 15.2. The minimum absolute atomic E-state index is 0.148. The van der Waals surface area contributed by atoms with Crippen LogP contribution >= 0.6 is 34.8 Å². The van der Waals surface area contributed by atoms with Gasteiger partial charge in [0.1, 0.15) is 0 Å². The van der Waals surface area contributed by atoms with Gasteiger partial charge >= 0.3 is 0 Å². The van der Waals surface area contributed by atoms with Gasteiger partial charge in [0.15, 0.2) is 0 Å². The second-order valence-corrected chi connectivity index (χ2v) is 6.83. The van der Waals surface area contributed by atoms with Gasteiger partial charge in [-0.25, -0.2) is 9.97 Å². The molecule has 2 aromatic rings. The molecule has 132 valence electrons. The zero-order valence-corrected chi connectivity index (χ0v) is 15.5. The molecule has 1 saturated heterocycles. The predicted octanol–water partition coefficient (Wildman–Crippen LogP) is 3.20. The lowest BCUT2D eigenvalue weighted by atomic mass is 10.3. The molecule has 1 aliphatic heterocycles. The van der Waals surface area contributed by atoms with Crippen LogP contribution in [0.1, 0.15) is 0 Å². The zero-order chi connectivity index (χ0) is 17.8. The van der Waals surface area contributed by atoms with E-state index in [0.717, 1.165) is 26.2 Å². The number of anilines is 2. The van der Waals surface area contributed by atoms with E-state index in [-0.39, 0.29) is 12.5 Å². The first-order valence-electron chi connectivity index (χ1n) is 7.71. The number of benzene rings is 1. The van der Waals surface area contributed by atoms with Crippen LogP contribution in [0.25, 0.3) is 0 Å². The van der Waals surface area contributed by atoms with Crippen molar-refractivity contribution in [3.05, 3.63) is 45.7 Å². The molecule has 1 N–H and O–H groups in total. The molecular formula is C16H16Cl3N5O. The Morgan fingerprint density at radius 2 is 1.64 bits per heavy atom. The molecule has 6 nitrogen and oxygen atoms in total. The summed E-state index contributed by atoms with van der Waals surface area (Å²) in [7, 11) is 0. The maximum Gasteiger partial charge on any atom is 0.238 e. The van der Waals surface area contributed by atoms with E-state index in [1.54, 1.807) is 24.5 Å². The molecule has 0 atom stereocenters. The van der Waals surface area contributed by atoms with Crippen LogP contribution in [-0.2, 0) is 4.79 Å². The van der Waals surface area contributed by atoms with Gasteiger partial charge in [0.2, 0.25) is 11.9 Å². The lowest BCUT2D eigenvalue weighted by Crippen LogP contribution is -2.49. The Balaban J connectivity index is 1.52. The maximum absolute atomic E-state index is 12.3. The average Bonchev–Trinajstić information content (AvgIpc) is 2.61. The monoisotopic (exact) mass is 399 g/mol. The number of carbonyl (C=O) groups excluding carboxylic acids is 1. The van der Waals surface area contributed by atoms with Crippen LogP contribution in [0.5, 0.6) is 0 Å². The van der Waals surface area contributed by atoms with Gasteiger partial charge < -0.3 is 10.2 Å². The summed E-state index contributed by atoms with van der Waals surface area (Å²) >= 11 is 17.9. The van der Waals surface area contributed by atoms with Gasteiger partial charge in [-0.05, 0) is 18.2 Å². The van der Waals surface area contributed by atoms with Crippen LogP contribution < -0.4 is 10.2 Å². The Bertz CT molecular complexity index is 751. The third-order valence-corrected chi connectivity index (χ3v) is 4.89. The fraction of sp³-hybridized carbons (Fsp3) is 0.312. The number of amides is 1. The fourth-order valence-corrected chi connectivity index (χ4v) is 3.17. The second kappa shape index (κ2) is 8.19. The van der Waals surface area contributed by atoms with Crippen molar-refractivity contribution in [2.75, 3.05) is 42.9 Å². The van der Waals surface area contributed by atoms with Gasteiger partial charge in [0, 0.05) is 38.6 Å². The maximum atomic E-state index is 12.3. The highest BCUT2D eigenvalue weighted by Crippen LogP contribution is 2.32. The molecule has 25 heavy (non-hydrogen) atoms. The molecule has 0 saturated carbocycles. The van der Waals surface area contributed by atoms with E-state index in [1.807, 2.05) is 0 Å². The van der Waals surface area contributed by atoms with Gasteiger partial charge in [-0.15, -0.1) is 0 Å². The molecule has 1 amide bonds. The summed E-state index contributed by atoms with van der Waals surface area (Å²) < 4.78 is 0. The Labute approximate surface area is 160 Å². The summed E-state index contributed by atoms with van der Waals surface area (Å²) in [4.78, 5) is 24.9. The molecule has 9 heteroatoms. The average molecular weight is 401 g/mol. The van der Waals surface area contributed by atoms with Crippen molar-refractivity contribution in [1.82, 2.24) is 14.9 Å². The number of aromatic nitrogens is 2. The molecule has 1 aliphatic rings. The molecule has 0 radical (unpaired) electrons. The van der Waals surface area contributed by atoms with Crippen molar-refractivity contribution >= 4 is 52.3 Å². The van der Waals surface area contributed by atoms with E-state index in [4.69, 9.17) is 34.8 Å². The van der Waals surface area contributed by atoms with E-state index in [1.165, 1.54) is 6.07 Å². The number of piperazine rings is 1. The molecule has 2 heterocycles. The fourth-order valence-electron chi connectivity index (χ4n) is 2.57. The van der Waals surface area contributed by atoms with Crippen LogP contribution in [-0.4, -0.2) is 53.5 Å². The highest BCUT2D eigenvalue weighted by Gasteiger charge is 2.21. The zero-order valence-electron chi connectivity index (χ0n) is 13.3. The molecule has 1 aromatic carbocycles. The topological polar surface area (TPSA) is 61.4 Å². The second-order valence-electron chi connectivity index (χ2n) is 5.61. The van der Waals surface area contributed by atoms with E-state index >= 15 is 0 Å². The van der Waals surface area contributed by atoms with Gasteiger partial charge in [-0.3, -0.25) is 9.69 Å². The van der Waals surface area contributed by atoms with Crippen LogP contribution in [0.2, 0.25) is 15.1 Å². The summed E-state index contributed by atoms with van der Waals surface area (Å²) in [6.07, 6.45) is 3.45. The predicted molar refractivity (Wildman–Crippen MR) is 101 cm³/mol. The molecule has 0 spiro atoms. The molecule has 0 unspecified atom stereocenters. The molecule has 0 bridgehead atoms. The van der Waals surface area contributed by atoms with Gasteiger partial charge in [-0.2, -0.15) is 0 Å². The van der Waals surface area contributed by atoms with Crippen molar-refractivity contribution in [3.8, 4) is 0 Å². The van der Waals surface area contributed by atoms with Crippen molar-refractivity contribution < 1.29 is 4.79 Å². The number of hydrogen-bond acceptors (Lipinski definition) is 5. The number of rotatable bonds is 4. The highest BCUT2D eigenvalue weighted by atomic mass is 35.5. The third-order valence-electron chi connectivity index (χ3n) is 3.86. The molecule has 1 fully saturated rings. The van der Waals surface area contributed by atoms with Crippen LogP contribution in [0.4, 0.5) is 11.6 Å². The van der Waals surface area contributed by atoms with Gasteiger partial charge in [0.25, 0.3) is 0 Å². The van der Waals surface area contributed by atoms with Crippen LogP contribution in [0.3, 0.4) is 0 Å². The lowest BCUT2D eigenvalue weighted by molar-refractivity contribution is -0.117. The van der Waals surface area contributed by atoms with Gasteiger partial charge in [0.05, 0.1) is 27.3 Å². The van der Waals surface area contributed by atoms with Gasteiger partial charge in [-0.1, -0.05) is 34.8 Å². The highest BCUT2D eigenvalue weighted by molar-refractivity contribution is 6.44. The summed E-state index contributed by atoms with van der Waals surface area (Å²) in [5.74, 6) is 0.568. The van der Waals surface area contributed by atoms with Crippen molar-refractivity contribution in [2.24, 2.45) is 0 Å². The summed E-state index contributed by atoms with van der Waals surface area (Å²) in [5.41, 5.74) is 0.456. The van der Waals surface area contributed by atoms with E-state index in [9.17, 15) is 4.79 Å². The Morgan fingerprint density at radius 3 is 2.32 bits per heavy atom. The number of nitrogens with one attached hydrogen (secondary N) is 1. The summed E-state index contributed by atoms with van der Waals surface area (Å²) in [5, 5.41) is 3.83. The first kappa shape index (κ1) is 18.2. The van der Waals surface area contributed by atoms with Crippen molar-refractivity contribution in [2.45, 2.75) is 0 Å². The Hall–Kier alpha value is -1.60. The number of hydrogen-bond donors (Lipinski definition) is 1. The number of carbonyl (C=O) groups is 1. The number of halogens is 3. The lowest BCUT2D eigenvalue weighted by Gasteiger charge is -2.34. The minimum atomic E-state index is -0.148. The van der Waals surface area contributed by atoms with Crippen LogP contribution in [0, 0.1) is 0 Å². The Morgan fingerprint density at radius 1 is 1.00 bits per heavy atom. The third kappa shape index (κ3) is 4.73. The molecular weight excluding hydrogens is 385 g/mol. The quantitative estimate of drug-likeness (QED) is 0.799. The van der Waals surface area contributed by atoms with E-state index in [2.05, 4.69) is 25.1 Å². The first-order valence-corrected chi connectivity index (χ1v) is 8.85.